The van der Waals surface area contributed by atoms with E-state index in [9.17, 15) is 0 Å². The molecule has 0 fully saturated rings. The van der Waals surface area contributed by atoms with Gasteiger partial charge in [-0.3, -0.25) is 0 Å². The van der Waals surface area contributed by atoms with Crippen LogP contribution in [-0.4, -0.2) is 36.9 Å². The summed E-state index contributed by atoms with van der Waals surface area (Å²) in [6.45, 7) is 13.4. The molecule has 2 nitrogen and oxygen atoms in total. The van der Waals surface area contributed by atoms with Gasteiger partial charge in [0.2, 0.25) is 0 Å². The quantitative estimate of drug-likeness (QED) is 0.563. The molecule has 1 rings (SSSR count). The van der Waals surface area contributed by atoms with Gasteiger partial charge in [-0.15, -0.1) is 0 Å². The van der Waals surface area contributed by atoms with Crippen molar-refractivity contribution in [2.75, 3.05) is 0 Å². The van der Waals surface area contributed by atoms with Gasteiger partial charge in [0.1, 0.15) is 0 Å². The molecule has 0 atom stereocenters. The highest BCUT2D eigenvalue weighted by atomic mass is 28.1. The first-order chi connectivity index (χ1) is 6.14. The van der Waals surface area contributed by atoms with Crippen LogP contribution in [0.3, 0.4) is 0 Å². The molecule has 0 unspecified atom stereocenters. The van der Waals surface area contributed by atoms with Gasteiger partial charge in [0.15, 0.2) is 0 Å². The van der Waals surface area contributed by atoms with Crippen LogP contribution in [0.25, 0.3) is 0 Å². The van der Waals surface area contributed by atoms with Crippen molar-refractivity contribution in [2.24, 2.45) is 0 Å². The molecule has 0 saturated carbocycles. The van der Waals surface area contributed by atoms with Gasteiger partial charge in [0.25, 0.3) is 0 Å². The first-order valence-electron chi connectivity index (χ1n) is 5.15. The second-order valence-corrected chi connectivity index (χ2v) is 6.46. The minimum atomic E-state index is 0.183. The van der Waals surface area contributed by atoms with E-state index >= 15 is 0 Å². The third-order valence-corrected chi connectivity index (χ3v) is 3.15. The smallest absolute Gasteiger partial charge is 0.0802 e. The van der Waals surface area contributed by atoms with Crippen LogP contribution < -0.4 is 0 Å². The fourth-order valence-corrected chi connectivity index (χ4v) is 2.79. The Bertz CT molecular complexity index is 211. The summed E-state index contributed by atoms with van der Waals surface area (Å²) in [5.74, 6) is 0.370. The summed E-state index contributed by atoms with van der Waals surface area (Å²) in [7, 11) is 2.91. The highest BCUT2D eigenvalue weighted by Gasteiger charge is 2.34. The van der Waals surface area contributed by atoms with Crippen molar-refractivity contribution in [1.29, 1.82) is 0 Å². The van der Waals surface area contributed by atoms with Crippen molar-refractivity contribution < 1.29 is 0 Å². The van der Waals surface area contributed by atoms with Crippen LogP contribution in [0, 0.1) is 0 Å². The molecule has 0 N–H and O–H groups in total. The molecule has 0 aliphatic carbocycles. The molecule has 0 amide bonds. The largest absolute Gasteiger partial charge is 0.355 e. The minimum Gasteiger partial charge on any atom is -0.355 e. The molecule has 1 heterocycles. The SMILES string of the molecule is CC(C)(C)N1C=CN(C(C)(C)C)C1[SiH]. The molecule has 0 saturated heterocycles. The Morgan fingerprint density at radius 1 is 0.857 bits per heavy atom. The summed E-state index contributed by atoms with van der Waals surface area (Å²) in [6, 6.07) is 0. The van der Waals surface area contributed by atoms with Gasteiger partial charge in [-0.05, 0) is 41.5 Å². The summed E-state index contributed by atoms with van der Waals surface area (Å²) in [5, 5.41) is 0. The predicted octanol–water partition coefficient (Wildman–Crippen LogP) is 1.86. The fraction of sp³-hybridized carbons (Fsp3) is 0.818. The Labute approximate surface area is 91.4 Å². The number of nitrogens with zero attached hydrogens (tertiary/aromatic N) is 2. The van der Waals surface area contributed by atoms with E-state index < -0.39 is 0 Å². The Hall–Kier alpha value is -0.443. The molecule has 80 valence electrons. The zero-order valence-electron chi connectivity index (χ0n) is 10.2. The van der Waals surface area contributed by atoms with Crippen molar-refractivity contribution in [1.82, 2.24) is 9.80 Å². The number of hydrogen-bond donors (Lipinski definition) is 0. The molecule has 0 bridgehead atoms. The zero-order chi connectivity index (χ0) is 11.1. The van der Waals surface area contributed by atoms with Crippen LogP contribution in [-0.2, 0) is 0 Å². The maximum atomic E-state index is 2.91. The zero-order valence-corrected chi connectivity index (χ0v) is 11.4. The van der Waals surface area contributed by atoms with Gasteiger partial charge in [0.05, 0.1) is 16.0 Å². The molecule has 1 aliphatic rings. The standard InChI is InChI=1S/C11H22N2Si/c1-10(2,3)12-7-8-13(9(12)14)11(4,5)6/h7-9,14H,1-6H3. The lowest BCUT2D eigenvalue weighted by atomic mass is 10.1. The monoisotopic (exact) mass is 210 g/mol. The summed E-state index contributed by atoms with van der Waals surface area (Å²) >= 11 is 0. The Balaban J connectivity index is 2.81. The van der Waals surface area contributed by atoms with Crippen LogP contribution in [0.15, 0.2) is 12.4 Å². The molecule has 0 spiro atoms. The Morgan fingerprint density at radius 3 is 1.29 bits per heavy atom. The van der Waals surface area contributed by atoms with E-state index in [0.29, 0.717) is 5.79 Å². The first-order valence-corrected chi connectivity index (χ1v) is 5.81. The molecular formula is C11H22N2Si. The van der Waals surface area contributed by atoms with Crippen LogP contribution in [0.4, 0.5) is 0 Å². The third-order valence-electron chi connectivity index (χ3n) is 2.51. The topological polar surface area (TPSA) is 6.48 Å². The average molecular weight is 210 g/mol. The lowest BCUT2D eigenvalue weighted by Gasteiger charge is -2.44. The van der Waals surface area contributed by atoms with Crippen molar-refractivity contribution in [2.45, 2.75) is 58.4 Å². The molecule has 0 aromatic heterocycles. The summed E-state index contributed by atoms with van der Waals surface area (Å²) < 4.78 is 0. The molecule has 3 heteroatoms. The second kappa shape index (κ2) is 3.30. The third kappa shape index (κ3) is 2.14. The van der Waals surface area contributed by atoms with Gasteiger partial charge in [0, 0.05) is 23.5 Å². The highest BCUT2D eigenvalue weighted by Crippen LogP contribution is 2.28. The van der Waals surface area contributed by atoms with Crippen molar-refractivity contribution in [3.8, 4) is 0 Å². The van der Waals surface area contributed by atoms with Crippen LogP contribution >= 0.6 is 0 Å². The van der Waals surface area contributed by atoms with Gasteiger partial charge in [-0.25, -0.2) is 0 Å². The van der Waals surface area contributed by atoms with E-state index in [1.165, 1.54) is 0 Å². The van der Waals surface area contributed by atoms with Crippen molar-refractivity contribution in [3.63, 3.8) is 0 Å². The second-order valence-electron chi connectivity index (χ2n) is 5.87. The van der Waals surface area contributed by atoms with E-state index in [0.717, 1.165) is 0 Å². The molecule has 0 aromatic rings. The highest BCUT2D eigenvalue weighted by molar-refractivity contribution is 6.11. The maximum Gasteiger partial charge on any atom is 0.0802 e. The first kappa shape index (κ1) is 11.6. The summed E-state index contributed by atoms with van der Waals surface area (Å²) in [5.41, 5.74) is 0.367. The van der Waals surface area contributed by atoms with Gasteiger partial charge in [-0.2, -0.15) is 0 Å². The van der Waals surface area contributed by atoms with E-state index in [1.807, 2.05) is 0 Å². The van der Waals surface area contributed by atoms with E-state index in [1.54, 1.807) is 0 Å². The lowest BCUT2D eigenvalue weighted by Crippen LogP contribution is -2.52. The summed E-state index contributed by atoms with van der Waals surface area (Å²) in [6.07, 6.45) is 4.37. The van der Waals surface area contributed by atoms with Crippen LogP contribution in [0.5, 0.6) is 0 Å². The Kier molecular flexibility index (Phi) is 2.74. The summed E-state index contributed by atoms with van der Waals surface area (Å²) in [4.78, 5) is 4.73. The van der Waals surface area contributed by atoms with E-state index in [-0.39, 0.29) is 11.1 Å². The molecule has 0 aromatic carbocycles. The van der Waals surface area contributed by atoms with Gasteiger partial charge >= 0.3 is 0 Å². The number of rotatable bonds is 0. The van der Waals surface area contributed by atoms with Crippen molar-refractivity contribution in [3.05, 3.63) is 12.4 Å². The van der Waals surface area contributed by atoms with Gasteiger partial charge < -0.3 is 9.80 Å². The van der Waals surface area contributed by atoms with Gasteiger partial charge in [-0.1, -0.05) is 0 Å². The molecule has 1 aliphatic heterocycles. The minimum absolute atomic E-state index is 0.183. The fourth-order valence-electron chi connectivity index (χ4n) is 1.69. The normalized spacial score (nSPS) is 19.6. The van der Waals surface area contributed by atoms with Crippen molar-refractivity contribution >= 4 is 10.2 Å². The molecular weight excluding hydrogens is 188 g/mol. The lowest BCUT2D eigenvalue weighted by molar-refractivity contribution is 0.0823. The molecule has 14 heavy (non-hydrogen) atoms. The van der Waals surface area contributed by atoms with E-state index in [4.69, 9.17) is 0 Å². The van der Waals surface area contributed by atoms with E-state index in [2.05, 4.69) is 74.0 Å². The molecule has 2 radical (unpaired) electrons. The average Bonchev–Trinajstić information content (AvgIpc) is 2.26. The predicted molar refractivity (Wildman–Crippen MR) is 63.3 cm³/mol. The maximum absolute atomic E-state index is 2.91. The number of hydrogen-bond acceptors (Lipinski definition) is 2. The Morgan fingerprint density at radius 2 is 1.14 bits per heavy atom. The van der Waals surface area contributed by atoms with Crippen LogP contribution in [0.2, 0.25) is 0 Å². The van der Waals surface area contributed by atoms with Crippen LogP contribution in [0.1, 0.15) is 41.5 Å².